The van der Waals surface area contributed by atoms with Crippen molar-refractivity contribution in [2.24, 2.45) is 0 Å². The van der Waals surface area contributed by atoms with E-state index in [4.69, 9.17) is 16.0 Å². The molecule has 0 bridgehead atoms. The van der Waals surface area contributed by atoms with E-state index in [1.165, 1.54) is 0 Å². The van der Waals surface area contributed by atoms with E-state index in [1.54, 1.807) is 6.07 Å². The summed E-state index contributed by atoms with van der Waals surface area (Å²) in [5.74, 6) is 1.07. The van der Waals surface area contributed by atoms with Crippen LogP contribution in [0.25, 0.3) is 11.5 Å². The van der Waals surface area contributed by atoms with E-state index in [2.05, 4.69) is 20.4 Å². The Balaban J connectivity index is 1.92. The van der Waals surface area contributed by atoms with Gasteiger partial charge in [0, 0.05) is 23.7 Å². The summed E-state index contributed by atoms with van der Waals surface area (Å²) in [6.45, 7) is 2.42. The molecule has 1 aromatic carbocycles. The van der Waals surface area contributed by atoms with Gasteiger partial charge in [-0.1, -0.05) is 17.7 Å². The second-order valence-corrected chi connectivity index (χ2v) is 4.93. The lowest BCUT2D eigenvalue weighted by atomic mass is 10.2. The van der Waals surface area contributed by atoms with Crippen molar-refractivity contribution in [2.75, 3.05) is 27.2 Å². The molecule has 0 saturated heterocycles. The molecule has 6 heteroatoms. The van der Waals surface area contributed by atoms with Crippen LogP contribution in [0, 0.1) is 0 Å². The summed E-state index contributed by atoms with van der Waals surface area (Å²) in [6.07, 6.45) is 0. The van der Waals surface area contributed by atoms with Gasteiger partial charge in [-0.2, -0.15) is 0 Å². The molecule has 0 radical (unpaired) electrons. The molecule has 0 spiro atoms. The summed E-state index contributed by atoms with van der Waals surface area (Å²) < 4.78 is 5.57. The van der Waals surface area contributed by atoms with Gasteiger partial charge in [-0.3, -0.25) is 0 Å². The lowest BCUT2D eigenvalue weighted by Crippen LogP contribution is -2.26. The topological polar surface area (TPSA) is 54.2 Å². The van der Waals surface area contributed by atoms with Crippen LogP contribution >= 0.6 is 11.6 Å². The third kappa shape index (κ3) is 4.31. The average Bonchev–Trinajstić information content (AvgIpc) is 2.83. The van der Waals surface area contributed by atoms with Crippen molar-refractivity contribution in [1.82, 2.24) is 20.4 Å². The molecule has 1 aromatic heterocycles. The Labute approximate surface area is 117 Å². The minimum absolute atomic E-state index is 0.493. The van der Waals surface area contributed by atoms with Gasteiger partial charge >= 0.3 is 0 Å². The van der Waals surface area contributed by atoms with E-state index in [0.29, 0.717) is 23.3 Å². The maximum absolute atomic E-state index is 5.93. The predicted molar refractivity (Wildman–Crippen MR) is 75.0 cm³/mol. The van der Waals surface area contributed by atoms with Gasteiger partial charge in [-0.05, 0) is 32.3 Å². The first-order valence-corrected chi connectivity index (χ1v) is 6.47. The van der Waals surface area contributed by atoms with Crippen molar-refractivity contribution < 1.29 is 4.42 Å². The van der Waals surface area contributed by atoms with E-state index >= 15 is 0 Å². The maximum atomic E-state index is 5.93. The molecule has 2 rings (SSSR count). The van der Waals surface area contributed by atoms with Crippen LogP contribution < -0.4 is 5.32 Å². The third-order valence-corrected chi connectivity index (χ3v) is 2.79. The fourth-order valence-electron chi connectivity index (χ4n) is 1.56. The molecule has 0 saturated carbocycles. The Hall–Kier alpha value is -1.43. The number of nitrogens with zero attached hydrogens (tertiary/aromatic N) is 3. The molecular weight excluding hydrogens is 264 g/mol. The molecule has 102 valence electrons. The van der Waals surface area contributed by atoms with Crippen LogP contribution in [-0.2, 0) is 6.54 Å². The molecule has 19 heavy (non-hydrogen) atoms. The number of hydrogen-bond acceptors (Lipinski definition) is 5. The summed E-state index contributed by atoms with van der Waals surface area (Å²) >= 11 is 5.93. The van der Waals surface area contributed by atoms with Gasteiger partial charge in [0.1, 0.15) is 0 Å². The van der Waals surface area contributed by atoms with Crippen LogP contribution in [0.3, 0.4) is 0 Å². The molecule has 0 aliphatic rings. The quantitative estimate of drug-likeness (QED) is 0.821. The van der Waals surface area contributed by atoms with E-state index in [1.807, 2.05) is 32.3 Å². The molecule has 2 aromatic rings. The fourth-order valence-corrected chi connectivity index (χ4v) is 1.75. The molecule has 1 N–H and O–H groups in total. The zero-order valence-electron chi connectivity index (χ0n) is 11.1. The monoisotopic (exact) mass is 280 g/mol. The number of halogens is 1. The predicted octanol–water partition coefficient (Wildman–Crippen LogP) is 2.04. The van der Waals surface area contributed by atoms with Crippen LogP contribution in [0.4, 0.5) is 0 Å². The van der Waals surface area contributed by atoms with Crippen molar-refractivity contribution in [3.63, 3.8) is 0 Å². The molecule has 0 unspecified atom stereocenters. The van der Waals surface area contributed by atoms with Gasteiger partial charge in [-0.25, -0.2) is 0 Å². The van der Waals surface area contributed by atoms with Crippen molar-refractivity contribution in [3.8, 4) is 11.5 Å². The molecule has 0 amide bonds. The SMILES string of the molecule is CN(C)CCNCc1nnc(-c2cccc(Cl)c2)o1. The number of benzene rings is 1. The first-order valence-electron chi connectivity index (χ1n) is 6.09. The van der Waals surface area contributed by atoms with E-state index in [-0.39, 0.29) is 0 Å². The zero-order chi connectivity index (χ0) is 13.7. The number of hydrogen-bond donors (Lipinski definition) is 1. The molecule has 0 aliphatic heterocycles. The fraction of sp³-hybridized carbons (Fsp3) is 0.385. The highest BCUT2D eigenvalue weighted by molar-refractivity contribution is 6.30. The number of aromatic nitrogens is 2. The minimum atomic E-state index is 0.493. The Kier molecular flexibility index (Phi) is 4.90. The minimum Gasteiger partial charge on any atom is -0.419 e. The van der Waals surface area contributed by atoms with Gasteiger partial charge in [0.2, 0.25) is 11.8 Å². The highest BCUT2D eigenvalue weighted by Gasteiger charge is 2.08. The second kappa shape index (κ2) is 6.65. The first-order chi connectivity index (χ1) is 9.15. The Morgan fingerprint density at radius 1 is 1.32 bits per heavy atom. The normalized spacial score (nSPS) is 11.2. The third-order valence-electron chi connectivity index (χ3n) is 2.55. The van der Waals surface area contributed by atoms with Gasteiger partial charge in [-0.15, -0.1) is 10.2 Å². The Morgan fingerprint density at radius 2 is 2.16 bits per heavy atom. The summed E-state index contributed by atoms with van der Waals surface area (Å²) in [5, 5.41) is 11.9. The number of nitrogens with one attached hydrogen (secondary N) is 1. The van der Waals surface area contributed by atoms with Crippen molar-refractivity contribution >= 4 is 11.6 Å². The Bertz CT molecular complexity index is 527. The lowest BCUT2D eigenvalue weighted by Gasteiger charge is -2.08. The molecule has 0 aliphatic carbocycles. The molecule has 1 heterocycles. The van der Waals surface area contributed by atoms with Crippen molar-refractivity contribution in [3.05, 3.63) is 35.2 Å². The second-order valence-electron chi connectivity index (χ2n) is 4.49. The van der Waals surface area contributed by atoms with E-state index in [0.717, 1.165) is 18.7 Å². The summed E-state index contributed by atoms with van der Waals surface area (Å²) in [6, 6.07) is 7.36. The first kappa shape index (κ1) is 14.0. The Morgan fingerprint density at radius 3 is 2.89 bits per heavy atom. The van der Waals surface area contributed by atoms with Crippen LogP contribution in [0.2, 0.25) is 5.02 Å². The van der Waals surface area contributed by atoms with E-state index < -0.39 is 0 Å². The largest absolute Gasteiger partial charge is 0.419 e. The van der Waals surface area contributed by atoms with Crippen molar-refractivity contribution in [2.45, 2.75) is 6.54 Å². The molecular formula is C13H17ClN4O. The zero-order valence-corrected chi connectivity index (χ0v) is 11.8. The van der Waals surface area contributed by atoms with Crippen molar-refractivity contribution in [1.29, 1.82) is 0 Å². The lowest BCUT2D eigenvalue weighted by molar-refractivity contribution is 0.390. The van der Waals surface area contributed by atoms with E-state index in [9.17, 15) is 0 Å². The maximum Gasteiger partial charge on any atom is 0.247 e. The standard InChI is InChI=1S/C13H17ClN4O/c1-18(2)7-6-15-9-12-16-17-13(19-12)10-4-3-5-11(14)8-10/h3-5,8,15H,6-7,9H2,1-2H3. The summed E-state index contributed by atoms with van der Waals surface area (Å²) in [7, 11) is 4.07. The highest BCUT2D eigenvalue weighted by Crippen LogP contribution is 2.21. The van der Waals surface area contributed by atoms with Crippen LogP contribution in [0.15, 0.2) is 28.7 Å². The molecule has 0 atom stereocenters. The number of rotatable bonds is 6. The van der Waals surface area contributed by atoms with Crippen LogP contribution in [0.5, 0.6) is 0 Å². The van der Waals surface area contributed by atoms with Gasteiger partial charge in [0.25, 0.3) is 0 Å². The van der Waals surface area contributed by atoms with Crippen LogP contribution in [0.1, 0.15) is 5.89 Å². The van der Waals surface area contributed by atoms with Crippen LogP contribution in [-0.4, -0.2) is 42.3 Å². The highest BCUT2D eigenvalue weighted by atomic mass is 35.5. The number of likely N-dealkylation sites (N-methyl/N-ethyl adjacent to an activating group) is 1. The van der Waals surface area contributed by atoms with Gasteiger partial charge in [0.15, 0.2) is 0 Å². The average molecular weight is 281 g/mol. The molecule has 0 fully saturated rings. The van der Waals surface area contributed by atoms with Gasteiger partial charge in [0.05, 0.1) is 6.54 Å². The van der Waals surface area contributed by atoms with Gasteiger partial charge < -0.3 is 14.6 Å². The smallest absolute Gasteiger partial charge is 0.247 e. The summed E-state index contributed by atoms with van der Waals surface area (Å²) in [4.78, 5) is 2.11. The molecule has 5 nitrogen and oxygen atoms in total. The summed E-state index contributed by atoms with van der Waals surface area (Å²) in [5.41, 5.74) is 0.833.